The van der Waals surface area contributed by atoms with Crippen molar-refractivity contribution in [2.45, 2.75) is 6.42 Å². The quantitative estimate of drug-likeness (QED) is 0.389. The second-order valence-electron chi connectivity index (χ2n) is 8.24. The summed E-state index contributed by atoms with van der Waals surface area (Å²) < 4.78 is 25.9. The van der Waals surface area contributed by atoms with Crippen LogP contribution in [0.3, 0.4) is 0 Å². The molecule has 2 aromatic carbocycles. The van der Waals surface area contributed by atoms with E-state index in [1.54, 1.807) is 27.4 Å². The van der Waals surface area contributed by atoms with Gasteiger partial charge in [0.15, 0.2) is 28.8 Å². The summed E-state index contributed by atoms with van der Waals surface area (Å²) in [4.78, 5) is 22.3. The third kappa shape index (κ3) is 3.25. The largest absolute Gasteiger partial charge is 0.490 e. The molecule has 0 aliphatic carbocycles. The fourth-order valence-corrected chi connectivity index (χ4v) is 4.33. The van der Waals surface area contributed by atoms with Crippen LogP contribution in [0.4, 0.5) is 0 Å². The van der Waals surface area contributed by atoms with Gasteiger partial charge in [0, 0.05) is 30.4 Å². The summed E-state index contributed by atoms with van der Waals surface area (Å²) in [5.74, 6) is 3.54. The van der Waals surface area contributed by atoms with Crippen LogP contribution < -0.4 is 24.5 Å². The molecule has 5 heterocycles. The van der Waals surface area contributed by atoms with Crippen LogP contribution in [0.15, 0.2) is 59.7 Å². The predicted molar refractivity (Wildman–Crippen MR) is 126 cm³/mol. The van der Waals surface area contributed by atoms with Crippen LogP contribution in [0.25, 0.3) is 33.8 Å². The van der Waals surface area contributed by atoms with E-state index in [0.717, 1.165) is 12.0 Å². The average Bonchev–Trinajstić information content (AvgIpc) is 3.20. The van der Waals surface area contributed by atoms with E-state index >= 15 is 0 Å². The molecule has 0 atom stereocenters. The van der Waals surface area contributed by atoms with Crippen molar-refractivity contribution in [1.82, 2.24) is 24.1 Å². The molecule has 2 aliphatic rings. The van der Waals surface area contributed by atoms with Crippen molar-refractivity contribution < 1.29 is 18.9 Å². The molecule has 7 rings (SSSR count). The lowest BCUT2D eigenvalue weighted by Crippen LogP contribution is -2.20. The van der Waals surface area contributed by atoms with Crippen molar-refractivity contribution in [3.63, 3.8) is 0 Å². The number of hydrogen-bond acceptors (Lipinski definition) is 8. The molecule has 10 heteroatoms. The van der Waals surface area contributed by atoms with E-state index in [9.17, 15) is 4.79 Å². The van der Waals surface area contributed by atoms with Crippen molar-refractivity contribution in [2.75, 3.05) is 26.4 Å². The zero-order valence-electron chi connectivity index (χ0n) is 18.5. The number of ether oxygens (including phenoxy) is 4. The Labute approximate surface area is 198 Å². The highest BCUT2D eigenvalue weighted by Gasteiger charge is 2.17. The number of pyridine rings is 1. The third-order valence-electron chi connectivity index (χ3n) is 6.04. The lowest BCUT2D eigenvalue weighted by Gasteiger charge is -2.19. The topological polar surface area (TPSA) is 102 Å². The Morgan fingerprint density at radius 1 is 0.800 bits per heavy atom. The molecule has 0 amide bonds. The third-order valence-corrected chi connectivity index (χ3v) is 6.04. The molecule has 0 saturated heterocycles. The molecule has 5 aromatic rings. The van der Waals surface area contributed by atoms with E-state index in [1.807, 2.05) is 30.3 Å². The highest BCUT2D eigenvalue weighted by atomic mass is 16.6. The van der Waals surface area contributed by atoms with Gasteiger partial charge in [-0.1, -0.05) is 0 Å². The Hall–Kier alpha value is -4.60. The van der Waals surface area contributed by atoms with Crippen molar-refractivity contribution in [1.29, 1.82) is 0 Å². The fourth-order valence-electron chi connectivity index (χ4n) is 4.33. The normalized spacial score (nSPS) is 14.7. The van der Waals surface area contributed by atoms with Gasteiger partial charge in [-0.15, -0.1) is 5.10 Å². The molecule has 10 nitrogen and oxygen atoms in total. The minimum absolute atomic E-state index is 0.221. The van der Waals surface area contributed by atoms with Gasteiger partial charge in [-0.2, -0.15) is 9.50 Å². The summed E-state index contributed by atoms with van der Waals surface area (Å²) in [7, 11) is 0. The van der Waals surface area contributed by atoms with Gasteiger partial charge in [0.2, 0.25) is 0 Å². The molecule has 2 aliphatic heterocycles. The first kappa shape index (κ1) is 19.8. The summed E-state index contributed by atoms with van der Waals surface area (Å²) in [6, 6.07) is 12.9. The second-order valence-corrected chi connectivity index (χ2v) is 8.24. The lowest BCUT2D eigenvalue weighted by atomic mass is 10.2. The Morgan fingerprint density at radius 3 is 2.43 bits per heavy atom. The van der Waals surface area contributed by atoms with Crippen LogP contribution in [0, 0.1) is 0 Å². The molecule has 3 aromatic heterocycles. The predicted octanol–water partition coefficient (Wildman–Crippen LogP) is 3.03. The molecule has 0 radical (unpaired) electrons. The van der Waals surface area contributed by atoms with E-state index in [-0.39, 0.29) is 5.56 Å². The van der Waals surface area contributed by atoms with Gasteiger partial charge < -0.3 is 18.9 Å². The van der Waals surface area contributed by atoms with Crippen LogP contribution in [-0.2, 0) is 0 Å². The van der Waals surface area contributed by atoms with E-state index in [2.05, 4.69) is 15.1 Å². The standard InChI is InChI=1S/C25H19N5O5/c31-24-17-14-26-25-27-23(15-2-4-19-21(12-15)33-9-1-8-32-19)28-30(25)18(17)6-7-29(24)16-3-5-20-22(13-16)35-11-10-34-20/h2-7,12-14H,1,8-11H2. The van der Waals surface area contributed by atoms with E-state index in [4.69, 9.17) is 18.9 Å². The van der Waals surface area contributed by atoms with E-state index < -0.39 is 0 Å². The first-order chi connectivity index (χ1) is 17.2. The Morgan fingerprint density at radius 2 is 1.54 bits per heavy atom. The number of rotatable bonds is 2. The maximum atomic E-state index is 13.4. The summed E-state index contributed by atoms with van der Waals surface area (Å²) >= 11 is 0. The molecular formula is C25H19N5O5. The Kier molecular flexibility index (Phi) is 4.38. The first-order valence-electron chi connectivity index (χ1n) is 11.3. The summed E-state index contributed by atoms with van der Waals surface area (Å²) in [5.41, 5.74) is 1.84. The molecular weight excluding hydrogens is 450 g/mol. The van der Waals surface area contributed by atoms with Crippen molar-refractivity contribution >= 4 is 16.7 Å². The van der Waals surface area contributed by atoms with Crippen molar-refractivity contribution in [3.8, 4) is 40.1 Å². The maximum absolute atomic E-state index is 13.4. The van der Waals surface area contributed by atoms with Crippen LogP contribution in [0.5, 0.6) is 23.0 Å². The Balaban J connectivity index is 1.32. The van der Waals surface area contributed by atoms with Gasteiger partial charge in [-0.25, -0.2) is 4.98 Å². The van der Waals surface area contributed by atoms with Gasteiger partial charge >= 0.3 is 0 Å². The number of aromatic nitrogens is 5. The second kappa shape index (κ2) is 7.73. The smallest absolute Gasteiger partial charge is 0.266 e. The van der Waals surface area contributed by atoms with E-state index in [0.29, 0.717) is 77.6 Å². The van der Waals surface area contributed by atoms with Gasteiger partial charge in [-0.05, 0) is 36.4 Å². The zero-order chi connectivity index (χ0) is 23.4. The molecule has 35 heavy (non-hydrogen) atoms. The van der Waals surface area contributed by atoms with Crippen LogP contribution in [-0.4, -0.2) is 50.6 Å². The summed E-state index contributed by atoms with van der Waals surface area (Å²) in [5, 5.41) is 5.07. The maximum Gasteiger partial charge on any atom is 0.266 e. The summed E-state index contributed by atoms with van der Waals surface area (Å²) in [6.45, 7) is 2.20. The molecule has 174 valence electrons. The molecule has 0 unspecified atom stereocenters. The number of hydrogen-bond donors (Lipinski definition) is 0. The summed E-state index contributed by atoms with van der Waals surface area (Å²) in [6.07, 6.45) is 4.08. The van der Waals surface area contributed by atoms with E-state index in [1.165, 1.54) is 6.20 Å². The average molecular weight is 469 g/mol. The molecule has 0 fully saturated rings. The van der Waals surface area contributed by atoms with Gasteiger partial charge in [0.1, 0.15) is 13.2 Å². The highest BCUT2D eigenvalue weighted by molar-refractivity contribution is 5.79. The fraction of sp³-hybridized carbons (Fsp3) is 0.200. The van der Waals surface area contributed by atoms with Crippen LogP contribution in [0.1, 0.15) is 6.42 Å². The SMILES string of the molecule is O=c1c2cnc3nc(-c4ccc5c(c4)OCCCO5)nn3c2ccn1-c1ccc2c(c1)OCCO2. The molecule has 0 spiro atoms. The molecule has 0 N–H and O–H groups in total. The van der Waals surface area contributed by atoms with Gasteiger partial charge in [-0.3, -0.25) is 9.36 Å². The minimum atomic E-state index is -0.221. The number of fused-ring (bicyclic) bond motifs is 5. The number of nitrogens with zero attached hydrogens (tertiary/aromatic N) is 5. The molecule has 0 saturated carbocycles. The zero-order valence-corrected chi connectivity index (χ0v) is 18.5. The monoisotopic (exact) mass is 469 g/mol. The highest BCUT2D eigenvalue weighted by Crippen LogP contribution is 2.34. The van der Waals surface area contributed by atoms with Crippen LogP contribution >= 0.6 is 0 Å². The first-order valence-corrected chi connectivity index (χ1v) is 11.3. The number of benzene rings is 2. The Bertz CT molecular complexity index is 1680. The van der Waals surface area contributed by atoms with Crippen LogP contribution in [0.2, 0.25) is 0 Å². The van der Waals surface area contributed by atoms with Crippen molar-refractivity contribution in [2.24, 2.45) is 0 Å². The minimum Gasteiger partial charge on any atom is -0.490 e. The lowest BCUT2D eigenvalue weighted by molar-refractivity contribution is 0.171. The molecule has 0 bridgehead atoms. The van der Waals surface area contributed by atoms with Crippen molar-refractivity contribution in [3.05, 3.63) is 65.2 Å². The van der Waals surface area contributed by atoms with Gasteiger partial charge in [0.25, 0.3) is 11.3 Å². The van der Waals surface area contributed by atoms with Gasteiger partial charge in [0.05, 0.1) is 29.8 Å².